The Balaban J connectivity index is 1.97. The number of nitrogens with zero attached hydrogens (tertiary/aromatic N) is 1. The first-order chi connectivity index (χ1) is 4.47. The predicted octanol–water partition coefficient (Wildman–Crippen LogP) is -0.0274. The average molecular weight is 125 g/mol. The monoisotopic (exact) mass is 125 g/mol. The predicted molar refractivity (Wildman–Crippen MR) is 36.4 cm³/mol. The third-order valence-electron chi connectivity index (χ3n) is 2.40. The maximum atomic E-state index is 4.53. The van der Waals surface area contributed by atoms with Crippen LogP contribution in [0.2, 0.25) is 0 Å². The molecule has 0 aromatic rings. The topological polar surface area (TPSA) is 26.1 Å². The lowest BCUT2D eigenvalue weighted by molar-refractivity contribution is 0.333. The second-order valence-electron chi connectivity index (χ2n) is 3.03. The molecule has 51 valence electrons. The van der Waals surface area contributed by atoms with Crippen LogP contribution in [-0.4, -0.2) is 25.7 Å². The second kappa shape index (κ2) is 2.27. The Morgan fingerprint density at radius 1 is 1.33 bits per heavy atom. The Kier molecular flexibility index (Phi) is 1.44. The molecule has 0 spiro atoms. The number of nitrogens with one attached hydrogen (secondary N) is 1. The van der Waals surface area contributed by atoms with Crippen molar-refractivity contribution >= 4 is 0 Å². The minimum absolute atomic E-state index is 0.679. The number of rotatable bonds is 0. The van der Waals surface area contributed by atoms with E-state index in [2.05, 4.69) is 10.6 Å². The summed E-state index contributed by atoms with van der Waals surface area (Å²) in [4.78, 5) is 0. The lowest BCUT2D eigenvalue weighted by atomic mass is 9.94. The molecule has 2 saturated heterocycles. The van der Waals surface area contributed by atoms with Crippen LogP contribution in [0.1, 0.15) is 12.8 Å². The van der Waals surface area contributed by atoms with Crippen LogP contribution in [0.25, 0.3) is 0 Å². The highest BCUT2D eigenvalue weighted by Crippen LogP contribution is 2.19. The zero-order chi connectivity index (χ0) is 6.10. The molecule has 9 heavy (non-hydrogen) atoms. The first-order valence-corrected chi connectivity index (χ1v) is 3.84. The molecule has 2 heteroatoms. The van der Waals surface area contributed by atoms with Gasteiger partial charge in [-0.15, -0.1) is 0 Å². The van der Waals surface area contributed by atoms with E-state index in [0.29, 0.717) is 6.04 Å². The molecule has 0 saturated carbocycles. The van der Waals surface area contributed by atoms with Crippen molar-refractivity contribution < 1.29 is 0 Å². The Morgan fingerprint density at radius 2 is 2.33 bits per heavy atom. The minimum Gasteiger partial charge on any atom is -0.315 e. The molecule has 1 radical (unpaired) electrons. The van der Waals surface area contributed by atoms with Crippen molar-refractivity contribution in [2.75, 3.05) is 19.6 Å². The van der Waals surface area contributed by atoms with Gasteiger partial charge in [-0.2, -0.15) is 0 Å². The van der Waals surface area contributed by atoms with Gasteiger partial charge < -0.3 is 5.32 Å². The molecule has 0 aromatic heterocycles. The summed E-state index contributed by atoms with van der Waals surface area (Å²) in [6, 6.07) is 0.679. The highest BCUT2D eigenvalue weighted by Gasteiger charge is 2.29. The van der Waals surface area contributed by atoms with Gasteiger partial charge in [0.1, 0.15) is 0 Å². The summed E-state index contributed by atoms with van der Waals surface area (Å²) < 4.78 is 0. The molecule has 2 fully saturated rings. The van der Waals surface area contributed by atoms with Crippen LogP contribution in [0.4, 0.5) is 0 Å². The van der Waals surface area contributed by atoms with Gasteiger partial charge in [-0.25, -0.2) is 5.32 Å². The minimum atomic E-state index is 0.679. The van der Waals surface area contributed by atoms with Gasteiger partial charge in [0.05, 0.1) is 0 Å². The zero-order valence-corrected chi connectivity index (χ0v) is 5.64. The smallest absolute Gasteiger partial charge is 0.0411 e. The van der Waals surface area contributed by atoms with Crippen molar-refractivity contribution in [2.24, 2.45) is 5.92 Å². The van der Waals surface area contributed by atoms with Crippen LogP contribution in [-0.2, 0) is 0 Å². The van der Waals surface area contributed by atoms with Gasteiger partial charge >= 0.3 is 0 Å². The number of fused-ring (bicyclic) bond motifs is 1. The largest absolute Gasteiger partial charge is 0.315 e. The first-order valence-electron chi connectivity index (χ1n) is 3.84. The van der Waals surface area contributed by atoms with E-state index < -0.39 is 0 Å². The van der Waals surface area contributed by atoms with Crippen molar-refractivity contribution in [3.8, 4) is 0 Å². The molecule has 2 unspecified atom stereocenters. The van der Waals surface area contributed by atoms with Crippen molar-refractivity contribution in [1.82, 2.24) is 10.6 Å². The summed E-state index contributed by atoms with van der Waals surface area (Å²) in [5, 5.41) is 7.90. The molecule has 2 nitrogen and oxygen atoms in total. The normalized spacial score (nSPS) is 42.7. The molecule has 2 aliphatic rings. The Labute approximate surface area is 56.0 Å². The van der Waals surface area contributed by atoms with Gasteiger partial charge in [0, 0.05) is 19.1 Å². The van der Waals surface area contributed by atoms with Crippen LogP contribution in [0, 0.1) is 5.92 Å². The van der Waals surface area contributed by atoms with Crippen LogP contribution >= 0.6 is 0 Å². The maximum absolute atomic E-state index is 4.53. The molecule has 1 N–H and O–H groups in total. The fraction of sp³-hybridized carbons (Fsp3) is 1.00. The molecule has 2 rings (SSSR count). The standard InChI is InChI=1S/C7H13N2/c1-2-6-4-8-5-7(6)9-3-1/h6-8H,1-5H2. The first kappa shape index (κ1) is 5.69. The molecule has 0 amide bonds. The van der Waals surface area contributed by atoms with Gasteiger partial charge in [0.25, 0.3) is 0 Å². The highest BCUT2D eigenvalue weighted by atomic mass is 15.0. The second-order valence-corrected chi connectivity index (χ2v) is 3.03. The molecule has 0 aromatic carbocycles. The quantitative estimate of drug-likeness (QED) is 0.483. The van der Waals surface area contributed by atoms with Crippen molar-refractivity contribution in [2.45, 2.75) is 18.9 Å². The van der Waals surface area contributed by atoms with E-state index in [1.807, 2.05) is 0 Å². The van der Waals surface area contributed by atoms with Crippen LogP contribution in [0.5, 0.6) is 0 Å². The highest BCUT2D eigenvalue weighted by molar-refractivity contribution is 4.88. The summed E-state index contributed by atoms with van der Waals surface area (Å²) in [5.41, 5.74) is 0. The Morgan fingerprint density at radius 3 is 3.22 bits per heavy atom. The summed E-state index contributed by atoms with van der Waals surface area (Å²) in [7, 11) is 0. The molecule has 0 aliphatic carbocycles. The summed E-state index contributed by atoms with van der Waals surface area (Å²) in [6.07, 6.45) is 2.73. The number of hydrogen-bond donors (Lipinski definition) is 1. The molecule has 2 atom stereocenters. The summed E-state index contributed by atoms with van der Waals surface area (Å²) >= 11 is 0. The van der Waals surface area contributed by atoms with E-state index >= 15 is 0 Å². The van der Waals surface area contributed by atoms with E-state index in [-0.39, 0.29) is 0 Å². The maximum Gasteiger partial charge on any atom is 0.0411 e. The molecule has 2 heterocycles. The fourth-order valence-corrected chi connectivity index (χ4v) is 1.84. The van der Waals surface area contributed by atoms with E-state index in [4.69, 9.17) is 0 Å². The van der Waals surface area contributed by atoms with Gasteiger partial charge in [-0.1, -0.05) is 0 Å². The Bertz CT molecular complexity index is 91.1. The molecule has 0 bridgehead atoms. The van der Waals surface area contributed by atoms with Gasteiger partial charge in [-0.05, 0) is 25.3 Å². The van der Waals surface area contributed by atoms with Crippen LogP contribution in [0.15, 0.2) is 0 Å². The number of piperidine rings is 1. The summed E-state index contributed by atoms with van der Waals surface area (Å²) in [5.74, 6) is 0.888. The van der Waals surface area contributed by atoms with Crippen molar-refractivity contribution in [3.63, 3.8) is 0 Å². The summed E-state index contributed by atoms with van der Waals surface area (Å²) in [6.45, 7) is 3.47. The zero-order valence-electron chi connectivity index (χ0n) is 5.64. The third-order valence-corrected chi connectivity index (χ3v) is 2.40. The molecular formula is C7H13N2. The third kappa shape index (κ3) is 0.970. The van der Waals surface area contributed by atoms with Crippen molar-refractivity contribution in [3.05, 3.63) is 0 Å². The van der Waals surface area contributed by atoms with Gasteiger partial charge in [-0.3, -0.25) is 0 Å². The van der Waals surface area contributed by atoms with Crippen LogP contribution in [0.3, 0.4) is 0 Å². The van der Waals surface area contributed by atoms with E-state index in [9.17, 15) is 0 Å². The SMILES string of the molecule is C1C[N]C2CNCC2C1. The van der Waals surface area contributed by atoms with E-state index in [0.717, 1.165) is 19.0 Å². The van der Waals surface area contributed by atoms with E-state index in [1.165, 1.54) is 19.4 Å². The lowest BCUT2D eigenvalue weighted by Crippen LogP contribution is -2.35. The van der Waals surface area contributed by atoms with Crippen molar-refractivity contribution in [1.29, 1.82) is 0 Å². The molecule has 2 aliphatic heterocycles. The van der Waals surface area contributed by atoms with Crippen LogP contribution < -0.4 is 10.6 Å². The Hall–Kier alpha value is -0.0800. The van der Waals surface area contributed by atoms with Gasteiger partial charge in [0.2, 0.25) is 0 Å². The fourth-order valence-electron chi connectivity index (χ4n) is 1.84. The molecular weight excluding hydrogens is 112 g/mol. The lowest BCUT2D eigenvalue weighted by Gasteiger charge is -2.23. The van der Waals surface area contributed by atoms with Gasteiger partial charge in [0.15, 0.2) is 0 Å². The number of hydrogen-bond acceptors (Lipinski definition) is 1. The van der Waals surface area contributed by atoms with E-state index in [1.54, 1.807) is 0 Å². The average Bonchev–Trinajstić information content (AvgIpc) is 2.33.